The van der Waals surface area contributed by atoms with Crippen LogP contribution in [0, 0.1) is 0 Å². The third-order valence-corrected chi connectivity index (χ3v) is 4.58. The zero-order chi connectivity index (χ0) is 15.0. The second kappa shape index (κ2) is 5.90. The standard InChI is InChI=1S/C16H19Cl2N3/c1-3-10(4-2)15-14-5-6-19-16(14)21(20-15)13-8-11(17)7-12(18)9-13/h7-10,19H,3-6H2,1-2H3. The van der Waals surface area contributed by atoms with Crippen LogP contribution >= 0.6 is 23.2 Å². The van der Waals surface area contributed by atoms with E-state index in [-0.39, 0.29) is 0 Å². The van der Waals surface area contributed by atoms with Crippen molar-refractivity contribution in [2.75, 3.05) is 11.9 Å². The van der Waals surface area contributed by atoms with Gasteiger partial charge in [-0.25, -0.2) is 4.68 Å². The van der Waals surface area contributed by atoms with Gasteiger partial charge in [-0.15, -0.1) is 0 Å². The van der Waals surface area contributed by atoms with E-state index in [1.54, 1.807) is 6.07 Å². The molecule has 0 amide bonds. The lowest BCUT2D eigenvalue weighted by Gasteiger charge is -2.11. The van der Waals surface area contributed by atoms with Gasteiger partial charge in [0, 0.05) is 28.1 Å². The summed E-state index contributed by atoms with van der Waals surface area (Å²) in [5.74, 6) is 1.60. The first-order valence-electron chi connectivity index (χ1n) is 7.46. The Hall–Kier alpha value is -1.19. The van der Waals surface area contributed by atoms with Crippen molar-refractivity contribution in [3.63, 3.8) is 0 Å². The Kier molecular flexibility index (Phi) is 4.14. The molecule has 1 aliphatic rings. The van der Waals surface area contributed by atoms with Crippen molar-refractivity contribution in [1.82, 2.24) is 9.78 Å². The molecule has 1 aromatic heterocycles. The molecule has 21 heavy (non-hydrogen) atoms. The van der Waals surface area contributed by atoms with Crippen molar-refractivity contribution in [3.8, 4) is 5.69 Å². The minimum absolute atomic E-state index is 0.509. The molecular formula is C16H19Cl2N3. The van der Waals surface area contributed by atoms with Gasteiger partial charge in [0.1, 0.15) is 5.82 Å². The summed E-state index contributed by atoms with van der Waals surface area (Å²) in [6, 6.07) is 5.54. The molecule has 5 heteroatoms. The number of nitrogens with zero attached hydrogens (tertiary/aromatic N) is 2. The van der Waals surface area contributed by atoms with Crippen molar-refractivity contribution in [2.45, 2.75) is 39.0 Å². The molecule has 0 saturated heterocycles. The summed E-state index contributed by atoms with van der Waals surface area (Å²) in [6.45, 7) is 5.41. The van der Waals surface area contributed by atoms with Gasteiger partial charge in [0.05, 0.1) is 11.4 Å². The van der Waals surface area contributed by atoms with Gasteiger partial charge in [-0.3, -0.25) is 0 Å². The number of rotatable bonds is 4. The summed E-state index contributed by atoms with van der Waals surface area (Å²) in [6.07, 6.45) is 3.25. The lowest BCUT2D eigenvalue weighted by Crippen LogP contribution is -2.06. The second-order valence-corrected chi connectivity index (χ2v) is 6.31. The molecule has 1 aliphatic heterocycles. The van der Waals surface area contributed by atoms with Crippen LogP contribution in [-0.2, 0) is 6.42 Å². The summed E-state index contributed by atoms with van der Waals surface area (Å²) >= 11 is 12.3. The van der Waals surface area contributed by atoms with Crippen LogP contribution < -0.4 is 5.32 Å². The molecule has 1 aromatic carbocycles. The van der Waals surface area contributed by atoms with E-state index >= 15 is 0 Å². The molecule has 0 fully saturated rings. The van der Waals surface area contributed by atoms with Gasteiger partial charge in [-0.2, -0.15) is 5.10 Å². The molecule has 1 N–H and O–H groups in total. The van der Waals surface area contributed by atoms with Gasteiger partial charge < -0.3 is 5.32 Å². The number of aromatic nitrogens is 2. The van der Waals surface area contributed by atoms with E-state index in [1.165, 1.54) is 11.3 Å². The van der Waals surface area contributed by atoms with Crippen molar-refractivity contribution < 1.29 is 0 Å². The Labute approximate surface area is 135 Å². The van der Waals surface area contributed by atoms with Gasteiger partial charge in [-0.05, 0) is 37.5 Å². The highest BCUT2D eigenvalue weighted by atomic mass is 35.5. The van der Waals surface area contributed by atoms with Crippen LogP contribution in [0.15, 0.2) is 18.2 Å². The number of hydrogen-bond acceptors (Lipinski definition) is 2. The van der Waals surface area contributed by atoms with Gasteiger partial charge in [0.25, 0.3) is 0 Å². The maximum absolute atomic E-state index is 6.13. The number of halogens is 2. The predicted molar refractivity (Wildman–Crippen MR) is 89.1 cm³/mol. The molecule has 112 valence electrons. The fourth-order valence-corrected chi connectivity index (χ4v) is 3.57. The monoisotopic (exact) mass is 323 g/mol. The van der Waals surface area contributed by atoms with E-state index in [0.29, 0.717) is 16.0 Å². The molecule has 0 spiro atoms. The summed E-state index contributed by atoms with van der Waals surface area (Å²) in [4.78, 5) is 0. The maximum atomic E-state index is 6.13. The van der Waals surface area contributed by atoms with Gasteiger partial charge in [-0.1, -0.05) is 37.0 Å². The van der Waals surface area contributed by atoms with E-state index < -0.39 is 0 Å². The quantitative estimate of drug-likeness (QED) is 0.853. The van der Waals surface area contributed by atoms with Crippen LogP contribution in [-0.4, -0.2) is 16.3 Å². The van der Waals surface area contributed by atoms with Crippen LogP contribution in [0.25, 0.3) is 5.69 Å². The molecule has 0 unspecified atom stereocenters. The van der Waals surface area contributed by atoms with Crippen LogP contribution in [0.2, 0.25) is 10.0 Å². The molecule has 0 atom stereocenters. The number of benzene rings is 1. The zero-order valence-electron chi connectivity index (χ0n) is 12.3. The molecule has 2 aromatic rings. The normalized spacial score (nSPS) is 13.6. The summed E-state index contributed by atoms with van der Waals surface area (Å²) in [5.41, 5.74) is 3.48. The topological polar surface area (TPSA) is 29.9 Å². The average molecular weight is 324 g/mol. The van der Waals surface area contributed by atoms with Gasteiger partial charge >= 0.3 is 0 Å². The number of hydrogen-bond donors (Lipinski definition) is 1. The summed E-state index contributed by atoms with van der Waals surface area (Å²) < 4.78 is 1.95. The van der Waals surface area contributed by atoms with Crippen LogP contribution in [0.1, 0.15) is 43.9 Å². The minimum Gasteiger partial charge on any atom is -0.369 e. The Morgan fingerprint density at radius 1 is 1.19 bits per heavy atom. The molecular weight excluding hydrogens is 305 g/mol. The Morgan fingerprint density at radius 2 is 1.86 bits per heavy atom. The first-order chi connectivity index (χ1) is 10.1. The van der Waals surface area contributed by atoms with Crippen molar-refractivity contribution in [2.24, 2.45) is 0 Å². The Bertz CT molecular complexity index is 640. The molecule has 0 radical (unpaired) electrons. The van der Waals surface area contributed by atoms with Crippen molar-refractivity contribution in [3.05, 3.63) is 39.5 Å². The zero-order valence-corrected chi connectivity index (χ0v) is 13.8. The van der Waals surface area contributed by atoms with Crippen LogP contribution in [0.5, 0.6) is 0 Å². The van der Waals surface area contributed by atoms with Crippen LogP contribution in [0.4, 0.5) is 5.82 Å². The minimum atomic E-state index is 0.509. The molecule has 0 aliphatic carbocycles. The highest BCUT2D eigenvalue weighted by Crippen LogP contribution is 2.35. The van der Waals surface area contributed by atoms with Gasteiger partial charge in [0.2, 0.25) is 0 Å². The fourth-order valence-electron chi connectivity index (χ4n) is 3.05. The SMILES string of the molecule is CCC(CC)c1nn(-c2cc(Cl)cc(Cl)c2)c2c1CCN2. The van der Waals surface area contributed by atoms with Crippen LogP contribution in [0.3, 0.4) is 0 Å². The van der Waals surface area contributed by atoms with E-state index in [2.05, 4.69) is 19.2 Å². The highest BCUT2D eigenvalue weighted by molar-refractivity contribution is 6.34. The molecule has 3 rings (SSSR count). The second-order valence-electron chi connectivity index (χ2n) is 5.44. The lowest BCUT2D eigenvalue weighted by atomic mass is 9.96. The maximum Gasteiger partial charge on any atom is 0.133 e. The number of fused-ring (bicyclic) bond motifs is 1. The first-order valence-corrected chi connectivity index (χ1v) is 8.21. The van der Waals surface area contributed by atoms with Gasteiger partial charge in [0.15, 0.2) is 0 Å². The third kappa shape index (κ3) is 2.65. The Morgan fingerprint density at radius 3 is 2.48 bits per heavy atom. The number of anilines is 1. The molecule has 2 heterocycles. The van der Waals surface area contributed by atoms with E-state index in [0.717, 1.165) is 37.3 Å². The predicted octanol–water partition coefficient (Wildman–Crippen LogP) is 5.05. The highest BCUT2D eigenvalue weighted by Gasteiger charge is 2.26. The molecule has 0 bridgehead atoms. The van der Waals surface area contributed by atoms with E-state index in [9.17, 15) is 0 Å². The largest absolute Gasteiger partial charge is 0.369 e. The third-order valence-electron chi connectivity index (χ3n) is 4.15. The summed E-state index contributed by atoms with van der Waals surface area (Å²) in [7, 11) is 0. The fraction of sp³-hybridized carbons (Fsp3) is 0.438. The van der Waals surface area contributed by atoms with Crippen molar-refractivity contribution in [1.29, 1.82) is 0 Å². The van der Waals surface area contributed by atoms with E-state index in [4.69, 9.17) is 28.3 Å². The molecule has 0 saturated carbocycles. The Balaban J connectivity index is 2.13. The first kappa shape index (κ1) is 14.7. The van der Waals surface area contributed by atoms with E-state index in [1.807, 2.05) is 16.8 Å². The number of nitrogens with one attached hydrogen (secondary N) is 1. The molecule has 3 nitrogen and oxygen atoms in total. The average Bonchev–Trinajstić information content (AvgIpc) is 3.02. The van der Waals surface area contributed by atoms with Crippen molar-refractivity contribution >= 4 is 29.0 Å². The summed E-state index contributed by atoms with van der Waals surface area (Å²) in [5, 5.41) is 9.56. The smallest absolute Gasteiger partial charge is 0.133 e. The lowest BCUT2D eigenvalue weighted by molar-refractivity contribution is 0.607.